The Hall–Kier alpha value is -1.10. The Morgan fingerprint density at radius 2 is 2.29 bits per heavy atom. The minimum atomic E-state index is -0.253. The Kier molecular flexibility index (Phi) is 2.19. The van der Waals surface area contributed by atoms with Gasteiger partial charge in [0.25, 0.3) is 0 Å². The third-order valence-electron chi connectivity index (χ3n) is 2.79. The highest BCUT2D eigenvalue weighted by Gasteiger charge is 2.36. The fourth-order valence-electron chi connectivity index (χ4n) is 1.96. The molecule has 2 heterocycles. The second-order valence-electron chi connectivity index (χ2n) is 3.84. The highest BCUT2D eigenvalue weighted by Crippen LogP contribution is 2.34. The third-order valence-corrected chi connectivity index (χ3v) is 2.79. The molecule has 1 aromatic rings. The lowest BCUT2D eigenvalue weighted by atomic mass is 10.0. The second-order valence-corrected chi connectivity index (χ2v) is 3.84. The van der Waals surface area contributed by atoms with Crippen molar-refractivity contribution >= 4 is 5.95 Å². The van der Waals surface area contributed by atoms with Crippen molar-refractivity contribution in [1.82, 2.24) is 14.8 Å². The molecule has 1 atom stereocenters. The van der Waals surface area contributed by atoms with Crippen LogP contribution >= 0.6 is 0 Å². The molecule has 0 aromatic carbocycles. The van der Waals surface area contributed by atoms with Gasteiger partial charge in [-0.2, -0.15) is 0 Å². The minimum Gasteiger partial charge on any atom is -0.367 e. The number of rotatable bonds is 2. The SMILES string of the molecule is CNc1nnc(C2(C)CCCO2)n1C. The van der Waals surface area contributed by atoms with E-state index in [4.69, 9.17) is 4.74 Å². The summed E-state index contributed by atoms with van der Waals surface area (Å²) in [6, 6.07) is 0. The summed E-state index contributed by atoms with van der Waals surface area (Å²) in [6.45, 7) is 2.89. The fraction of sp³-hybridized carbons (Fsp3) is 0.778. The molecule has 2 rings (SSSR count). The molecule has 14 heavy (non-hydrogen) atoms. The van der Waals surface area contributed by atoms with E-state index in [1.165, 1.54) is 0 Å². The van der Waals surface area contributed by atoms with Crippen molar-refractivity contribution in [2.45, 2.75) is 25.4 Å². The van der Waals surface area contributed by atoms with E-state index in [1.54, 1.807) is 0 Å². The third kappa shape index (κ3) is 1.28. The van der Waals surface area contributed by atoms with E-state index < -0.39 is 0 Å². The molecule has 1 aliphatic rings. The first kappa shape index (κ1) is 9.45. The predicted molar refractivity (Wildman–Crippen MR) is 53.1 cm³/mol. The van der Waals surface area contributed by atoms with Gasteiger partial charge in [-0.3, -0.25) is 4.57 Å². The Morgan fingerprint density at radius 1 is 1.50 bits per heavy atom. The number of aromatic nitrogens is 3. The van der Waals surface area contributed by atoms with E-state index in [-0.39, 0.29) is 5.60 Å². The molecular formula is C9H16N4O. The lowest BCUT2D eigenvalue weighted by Gasteiger charge is -2.21. The summed E-state index contributed by atoms with van der Waals surface area (Å²) >= 11 is 0. The zero-order chi connectivity index (χ0) is 10.2. The molecule has 1 N–H and O–H groups in total. The molecular weight excluding hydrogens is 180 g/mol. The quantitative estimate of drug-likeness (QED) is 0.763. The minimum absolute atomic E-state index is 0.253. The maximum Gasteiger partial charge on any atom is 0.224 e. The van der Waals surface area contributed by atoms with E-state index in [9.17, 15) is 0 Å². The summed E-state index contributed by atoms with van der Waals surface area (Å²) in [6.07, 6.45) is 2.11. The second kappa shape index (κ2) is 3.24. The standard InChI is InChI=1S/C9H16N4O/c1-9(5-4-6-14-9)7-11-12-8(10-2)13(7)3/h4-6H2,1-3H3,(H,10,12). The summed E-state index contributed by atoms with van der Waals surface area (Å²) in [5.74, 6) is 1.68. The molecule has 5 nitrogen and oxygen atoms in total. The first-order valence-corrected chi connectivity index (χ1v) is 4.89. The summed E-state index contributed by atoms with van der Waals surface area (Å²) in [7, 11) is 3.79. The van der Waals surface area contributed by atoms with Gasteiger partial charge < -0.3 is 10.1 Å². The normalized spacial score (nSPS) is 26.8. The smallest absolute Gasteiger partial charge is 0.224 e. The highest BCUT2D eigenvalue weighted by atomic mass is 16.5. The first-order chi connectivity index (χ1) is 6.67. The van der Waals surface area contributed by atoms with Crippen LogP contribution in [0.2, 0.25) is 0 Å². The Morgan fingerprint density at radius 3 is 2.79 bits per heavy atom. The van der Waals surface area contributed by atoms with Gasteiger partial charge in [0.2, 0.25) is 5.95 Å². The summed E-state index contributed by atoms with van der Waals surface area (Å²) in [4.78, 5) is 0. The zero-order valence-electron chi connectivity index (χ0n) is 8.87. The number of hydrogen-bond donors (Lipinski definition) is 1. The van der Waals surface area contributed by atoms with Gasteiger partial charge in [0.15, 0.2) is 5.82 Å². The monoisotopic (exact) mass is 196 g/mol. The van der Waals surface area contributed by atoms with E-state index in [1.807, 2.05) is 18.7 Å². The largest absolute Gasteiger partial charge is 0.367 e. The molecule has 0 bridgehead atoms. The summed E-state index contributed by atoms with van der Waals surface area (Å²) < 4.78 is 7.66. The van der Waals surface area contributed by atoms with Crippen LogP contribution in [0.1, 0.15) is 25.6 Å². The zero-order valence-corrected chi connectivity index (χ0v) is 8.87. The van der Waals surface area contributed by atoms with Gasteiger partial charge in [0, 0.05) is 20.7 Å². The molecule has 0 radical (unpaired) electrons. The van der Waals surface area contributed by atoms with Gasteiger partial charge in [-0.25, -0.2) is 0 Å². The fourth-order valence-corrected chi connectivity index (χ4v) is 1.96. The van der Waals surface area contributed by atoms with Crippen LogP contribution in [0.5, 0.6) is 0 Å². The van der Waals surface area contributed by atoms with E-state index in [0.29, 0.717) is 0 Å². The molecule has 0 spiro atoms. The summed E-state index contributed by atoms with van der Waals surface area (Å²) in [5, 5.41) is 11.2. The van der Waals surface area contributed by atoms with Crippen LogP contribution in [-0.4, -0.2) is 28.4 Å². The van der Waals surface area contributed by atoms with Crippen LogP contribution in [-0.2, 0) is 17.4 Å². The maximum absolute atomic E-state index is 5.71. The van der Waals surface area contributed by atoms with E-state index >= 15 is 0 Å². The van der Waals surface area contributed by atoms with Gasteiger partial charge in [-0.1, -0.05) is 0 Å². The van der Waals surface area contributed by atoms with Crippen LogP contribution in [0.25, 0.3) is 0 Å². The number of anilines is 1. The topological polar surface area (TPSA) is 52.0 Å². The van der Waals surface area contributed by atoms with E-state index in [2.05, 4.69) is 22.4 Å². The van der Waals surface area contributed by atoms with Crippen LogP contribution in [0.4, 0.5) is 5.95 Å². The lowest BCUT2D eigenvalue weighted by Crippen LogP contribution is -2.24. The van der Waals surface area contributed by atoms with E-state index in [0.717, 1.165) is 31.2 Å². The molecule has 1 fully saturated rings. The molecule has 1 saturated heterocycles. The van der Waals surface area contributed by atoms with Crippen molar-refractivity contribution in [3.8, 4) is 0 Å². The molecule has 1 unspecified atom stereocenters. The molecule has 5 heteroatoms. The Labute approximate surface area is 83.5 Å². The lowest BCUT2D eigenvalue weighted by molar-refractivity contribution is 0.00701. The van der Waals surface area contributed by atoms with Crippen molar-refractivity contribution in [3.05, 3.63) is 5.82 Å². The number of ether oxygens (including phenoxy) is 1. The number of hydrogen-bond acceptors (Lipinski definition) is 4. The van der Waals surface area contributed by atoms with Gasteiger partial charge >= 0.3 is 0 Å². The van der Waals surface area contributed by atoms with Crippen molar-refractivity contribution in [3.63, 3.8) is 0 Å². The van der Waals surface area contributed by atoms with Crippen LogP contribution in [0.3, 0.4) is 0 Å². The average Bonchev–Trinajstić information content (AvgIpc) is 2.73. The molecule has 0 saturated carbocycles. The maximum atomic E-state index is 5.71. The number of nitrogens with one attached hydrogen (secondary N) is 1. The van der Waals surface area contributed by atoms with Gasteiger partial charge in [0.1, 0.15) is 5.60 Å². The molecule has 0 aliphatic carbocycles. The summed E-state index contributed by atoms with van der Waals surface area (Å²) in [5.41, 5.74) is -0.253. The molecule has 78 valence electrons. The van der Waals surface area contributed by atoms with Crippen molar-refractivity contribution < 1.29 is 4.74 Å². The van der Waals surface area contributed by atoms with Crippen LogP contribution in [0, 0.1) is 0 Å². The highest BCUT2D eigenvalue weighted by molar-refractivity contribution is 5.25. The molecule has 1 aliphatic heterocycles. The van der Waals surface area contributed by atoms with Crippen LogP contribution < -0.4 is 5.32 Å². The average molecular weight is 196 g/mol. The predicted octanol–water partition coefficient (Wildman–Crippen LogP) is 0.882. The van der Waals surface area contributed by atoms with Crippen LogP contribution in [0.15, 0.2) is 0 Å². The Balaban J connectivity index is 2.35. The van der Waals surface area contributed by atoms with Gasteiger partial charge in [0.05, 0.1) is 0 Å². The van der Waals surface area contributed by atoms with Crippen molar-refractivity contribution in [1.29, 1.82) is 0 Å². The Bertz CT molecular complexity index is 328. The number of nitrogens with zero attached hydrogens (tertiary/aromatic N) is 3. The molecule has 1 aromatic heterocycles. The first-order valence-electron chi connectivity index (χ1n) is 4.89. The molecule has 0 amide bonds. The van der Waals surface area contributed by atoms with Gasteiger partial charge in [-0.15, -0.1) is 10.2 Å². The van der Waals surface area contributed by atoms with Crippen molar-refractivity contribution in [2.75, 3.05) is 19.0 Å². The van der Waals surface area contributed by atoms with Crippen molar-refractivity contribution in [2.24, 2.45) is 7.05 Å². The van der Waals surface area contributed by atoms with Gasteiger partial charge in [-0.05, 0) is 19.8 Å².